The number of aromatic nitrogens is 1. The van der Waals surface area contributed by atoms with Gasteiger partial charge in [0.25, 0.3) is 11.8 Å². The Kier molecular flexibility index (Phi) is 5.63. The number of benzene rings is 2. The monoisotopic (exact) mass is 399 g/mol. The molecule has 2 N–H and O–H groups in total. The molecule has 3 aromatic rings. The van der Waals surface area contributed by atoms with E-state index in [9.17, 15) is 22.8 Å². The van der Waals surface area contributed by atoms with Crippen LogP contribution >= 0.6 is 0 Å². The van der Waals surface area contributed by atoms with E-state index in [-0.39, 0.29) is 17.1 Å². The zero-order valence-electron chi connectivity index (χ0n) is 15.2. The number of halogens is 3. The van der Waals surface area contributed by atoms with Gasteiger partial charge in [0.05, 0.1) is 5.56 Å². The summed E-state index contributed by atoms with van der Waals surface area (Å²) in [6.07, 6.45) is -4.52. The molecular weight excluding hydrogens is 383 g/mol. The van der Waals surface area contributed by atoms with Crippen molar-refractivity contribution < 1.29 is 22.8 Å². The van der Waals surface area contributed by atoms with E-state index in [0.29, 0.717) is 5.69 Å². The second-order valence-corrected chi connectivity index (χ2v) is 6.26. The first-order valence-electron chi connectivity index (χ1n) is 8.56. The maximum atomic E-state index is 12.8. The number of hydrogen-bond acceptors (Lipinski definition) is 3. The first-order valence-corrected chi connectivity index (χ1v) is 8.56. The van der Waals surface area contributed by atoms with Crippen molar-refractivity contribution >= 4 is 23.2 Å². The molecule has 0 aliphatic rings. The number of hydrogen-bond donors (Lipinski definition) is 2. The predicted octanol–water partition coefficient (Wildman–Crippen LogP) is 4.91. The number of carbonyl (C=O) groups excluding carboxylic acids is 2. The molecule has 2 amide bonds. The highest BCUT2D eigenvalue weighted by molar-refractivity contribution is 6.06. The van der Waals surface area contributed by atoms with Gasteiger partial charge < -0.3 is 10.6 Å². The Morgan fingerprint density at radius 3 is 1.93 bits per heavy atom. The van der Waals surface area contributed by atoms with Crippen molar-refractivity contribution in [2.75, 3.05) is 10.6 Å². The summed E-state index contributed by atoms with van der Waals surface area (Å²) in [5, 5.41) is 5.03. The average molecular weight is 399 g/mol. The van der Waals surface area contributed by atoms with Crippen molar-refractivity contribution in [1.29, 1.82) is 0 Å². The van der Waals surface area contributed by atoms with E-state index in [2.05, 4.69) is 15.6 Å². The van der Waals surface area contributed by atoms with Crippen LogP contribution in [0.4, 0.5) is 24.5 Å². The molecule has 0 saturated carbocycles. The van der Waals surface area contributed by atoms with Crippen LogP contribution in [-0.4, -0.2) is 16.8 Å². The minimum atomic E-state index is -4.52. The zero-order chi connectivity index (χ0) is 21.0. The van der Waals surface area contributed by atoms with Crippen LogP contribution in [0, 0.1) is 6.92 Å². The molecule has 0 unspecified atom stereocenters. The summed E-state index contributed by atoms with van der Waals surface area (Å²) >= 11 is 0. The highest BCUT2D eigenvalue weighted by Gasteiger charge is 2.30. The van der Waals surface area contributed by atoms with Crippen LogP contribution in [0.25, 0.3) is 0 Å². The lowest BCUT2D eigenvalue weighted by molar-refractivity contribution is -0.137. The number of nitrogens with one attached hydrogen (secondary N) is 2. The number of nitrogens with zero attached hydrogens (tertiary/aromatic N) is 1. The standard InChI is InChI=1S/C21H16F3N3O2/c1-13-8-10-15(11-9-13)25-19(28)17-6-3-7-18(27-17)20(29)26-16-5-2-4-14(12-16)21(22,23)24/h2-12H,1H3,(H,25,28)(H,26,29). The summed E-state index contributed by atoms with van der Waals surface area (Å²) in [6.45, 7) is 1.92. The maximum Gasteiger partial charge on any atom is 0.416 e. The Morgan fingerprint density at radius 2 is 1.34 bits per heavy atom. The molecule has 29 heavy (non-hydrogen) atoms. The fourth-order valence-electron chi connectivity index (χ4n) is 2.49. The smallest absolute Gasteiger partial charge is 0.321 e. The average Bonchev–Trinajstić information content (AvgIpc) is 2.69. The molecule has 3 rings (SSSR count). The molecule has 0 saturated heterocycles. The van der Waals surface area contributed by atoms with Crippen LogP contribution in [0.2, 0.25) is 0 Å². The van der Waals surface area contributed by atoms with Crippen LogP contribution in [0.15, 0.2) is 66.7 Å². The van der Waals surface area contributed by atoms with E-state index in [1.54, 1.807) is 12.1 Å². The highest BCUT2D eigenvalue weighted by Crippen LogP contribution is 2.30. The van der Waals surface area contributed by atoms with Crippen LogP contribution in [0.3, 0.4) is 0 Å². The summed E-state index contributed by atoms with van der Waals surface area (Å²) in [5.41, 5.74) is 0.604. The normalized spacial score (nSPS) is 11.0. The molecular formula is C21H16F3N3O2. The molecule has 0 bridgehead atoms. The topological polar surface area (TPSA) is 71.1 Å². The highest BCUT2D eigenvalue weighted by atomic mass is 19.4. The van der Waals surface area contributed by atoms with E-state index in [1.807, 2.05) is 19.1 Å². The Bertz CT molecular complexity index is 1050. The third kappa shape index (κ3) is 5.19. The summed E-state index contributed by atoms with van der Waals surface area (Å²) in [6, 6.07) is 15.7. The largest absolute Gasteiger partial charge is 0.416 e. The van der Waals surface area contributed by atoms with E-state index in [1.165, 1.54) is 30.3 Å². The summed E-state index contributed by atoms with van der Waals surface area (Å²) in [4.78, 5) is 28.7. The lowest BCUT2D eigenvalue weighted by Gasteiger charge is -2.10. The molecule has 1 aromatic heterocycles. The van der Waals surface area contributed by atoms with Gasteiger partial charge in [0, 0.05) is 11.4 Å². The Labute approximate surface area is 164 Å². The third-order valence-electron chi connectivity index (χ3n) is 3.97. The van der Waals surface area contributed by atoms with Gasteiger partial charge in [-0.3, -0.25) is 9.59 Å². The quantitative estimate of drug-likeness (QED) is 0.655. The van der Waals surface area contributed by atoms with Gasteiger partial charge in [-0.05, 0) is 49.4 Å². The van der Waals surface area contributed by atoms with Gasteiger partial charge in [-0.15, -0.1) is 0 Å². The van der Waals surface area contributed by atoms with Gasteiger partial charge >= 0.3 is 6.18 Å². The molecule has 1 heterocycles. The molecule has 0 fully saturated rings. The van der Waals surface area contributed by atoms with Gasteiger partial charge in [-0.2, -0.15) is 13.2 Å². The molecule has 0 atom stereocenters. The van der Waals surface area contributed by atoms with Gasteiger partial charge in [0.15, 0.2) is 0 Å². The molecule has 5 nitrogen and oxygen atoms in total. The summed E-state index contributed by atoms with van der Waals surface area (Å²) in [5.74, 6) is -1.24. The minimum Gasteiger partial charge on any atom is -0.321 e. The summed E-state index contributed by atoms with van der Waals surface area (Å²) < 4.78 is 38.4. The predicted molar refractivity (Wildman–Crippen MR) is 103 cm³/mol. The Balaban J connectivity index is 1.74. The summed E-state index contributed by atoms with van der Waals surface area (Å²) in [7, 11) is 0. The first kappa shape index (κ1) is 20.1. The van der Waals surface area contributed by atoms with Crippen molar-refractivity contribution in [3.05, 3.63) is 89.2 Å². The molecule has 0 aliphatic heterocycles. The van der Waals surface area contributed by atoms with Gasteiger partial charge in [-0.1, -0.05) is 29.8 Å². The minimum absolute atomic E-state index is 0.00210. The molecule has 8 heteroatoms. The van der Waals surface area contributed by atoms with E-state index in [4.69, 9.17) is 0 Å². The first-order chi connectivity index (χ1) is 13.7. The van der Waals surface area contributed by atoms with Gasteiger partial charge in [-0.25, -0.2) is 4.98 Å². The van der Waals surface area contributed by atoms with E-state index >= 15 is 0 Å². The number of aryl methyl sites for hydroxylation is 1. The van der Waals surface area contributed by atoms with Crippen molar-refractivity contribution in [2.45, 2.75) is 13.1 Å². The van der Waals surface area contributed by atoms with Crippen LogP contribution < -0.4 is 10.6 Å². The number of amides is 2. The van der Waals surface area contributed by atoms with Crippen molar-refractivity contribution in [3.63, 3.8) is 0 Å². The van der Waals surface area contributed by atoms with E-state index in [0.717, 1.165) is 17.7 Å². The van der Waals surface area contributed by atoms with Crippen molar-refractivity contribution in [2.24, 2.45) is 0 Å². The fourth-order valence-corrected chi connectivity index (χ4v) is 2.49. The van der Waals surface area contributed by atoms with Crippen molar-refractivity contribution in [3.8, 4) is 0 Å². The lowest BCUT2D eigenvalue weighted by Crippen LogP contribution is -2.18. The van der Waals surface area contributed by atoms with Crippen LogP contribution in [0.5, 0.6) is 0 Å². The molecule has 148 valence electrons. The van der Waals surface area contributed by atoms with E-state index < -0.39 is 23.6 Å². The maximum absolute atomic E-state index is 12.8. The zero-order valence-corrected chi connectivity index (χ0v) is 15.2. The molecule has 0 radical (unpaired) electrons. The molecule has 0 aliphatic carbocycles. The third-order valence-corrected chi connectivity index (χ3v) is 3.97. The van der Waals surface area contributed by atoms with Crippen LogP contribution in [-0.2, 0) is 6.18 Å². The second kappa shape index (κ2) is 8.14. The Hall–Kier alpha value is -3.68. The second-order valence-electron chi connectivity index (χ2n) is 6.26. The number of pyridine rings is 1. The number of anilines is 2. The van der Waals surface area contributed by atoms with Crippen molar-refractivity contribution in [1.82, 2.24) is 4.98 Å². The van der Waals surface area contributed by atoms with Gasteiger partial charge in [0.1, 0.15) is 11.4 Å². The number of carbonyl (C=O) groups is 2. The SMILES string of the molecule is Cc1ccc(NC(=O)c2cccc(C(=O)Nc3cccc(C(F)(F)F)c3)n2)cc1. The fraction of sp³-hybridized carbons (Fsp3) is 0.0952. The Morgan fingerprint density at radius 1 is 0.793 bits per heavy atom. The molecule has 0 spiro atoms. The van der Waals surface area contributed by atoms with Crippen LogP contribution in [0.1, 0.15) is 32.1 Å². The molecule has 2 aromatic carbocycles. The van der Waals surface area contributed by atoms with Gasteiger partial charge in [0.2, 0.25) is 0 Å². The lowest BCUT2D eigenvalue weighted by atomic mass is 10.2. The number of alkyl halides is 3. The number of rotatable bonds is 4.